The molecular formula is C23H26N2O4. The van der Waals surface area contributed by atoms with Crippen molar-refractivity contribution in [1.82, 2.24) is 4.98 Å². The minimum Gasteiger partial charge on any atom is -0.497 e. The zero-order valence-corrected chi connectivity index (χ0v) is 17.4. The number of nitrogens with zero attached hydrogens (tertiary/aromatic N) is 1. The fourth-order valence-electron chi connectivity index (χ4n) is 3.09. The van der Waals surface area contributed by atoms with Crippen molar-refractivity contribution >= 4 is 22.5 Å². The first kappa shape index (κ1) is 20.5. The van der Waals surface area contributed by atoms with Gasteiger partial charge in [0.25, 0.3) is 5.56 Å². The molecule has 0 fully saturated rings. The summed E-state index contributed by atoms with van der Waals surface area (Å²) in [5.41, 5.74) is 1.10. The highest BCUT2D eigenvalue weighted by atomic mass is 16.5. The van der Waals surface area contributed by atoms with Gasteiger partial charge in [-0.2, -0.15) is 0 Å². The van der Waals surface area contributed by atoms with Crippen LogP contribution in [0.3, 0.4) is 0 Å². The third-order valence-corrected chi connectivity index (χ3v) is 4.73. The Morgan fingerprint density at radius 3 is 2.17 bits per heavy atom. The Bertz CT molecular complexity index is 1080. The highest BCUT2D eigenvalue weighted by molar-refractivity contribution is 5.97. The van der Waals surface area contributed by atoms with Gasteiger partial charge in [-0.3, -0.25) is 9.59 Å². The fraction of sp³-hybridized carbons (Fsp3) is 0.304. The highest BCUT2D eigenvalue weighted by Gasteiger charge is 2.29. The van der Waals surface area contributed by atoms with Crippen molar-refractivity contribution in [2.24, 2.45) is 5.41 Å². The number of anilines is 1. The van der Waals surface area contributed by atoms with E-state index in [1.807, 2.05) is 45.0 Å². The molecule has 0 unspecified atom stereocenters. The predicted molar refractivity (Wildman–Crippen MR) is 115 cm³/mol. The average molecular weight is 394 g/mol. The molecule has 3 aromatic rings. The Balaban J connectivity index is 2.05. The van der Waals surface area contributed by atoms with Gasteiger partial charge in [0.15, 0.2) is 0 Å². The van der Waals surface area contributed by atoms with Crippen LogP contribution in [0.1, 0.15) is 26.3 Å². The maximum absolute atomic E-state index is 13.2. The first-order chi connectivity index (χ1) is 13.7. The number of aromatic amines is 1. The lowest BCUT2D eigenvalue weighted by atomic mass is 9.94. The van der Waals surface area contributed by atoms with Crippen molar-refractivity contribution in [3.05, 3.63) is 64.4 Å². The number of hydrogen-bond donors (Lipinski definition) is 1. The topological polar surface area (TPSA) is 71.6 Å². The summed E-state index contributed by atoms with van der Waals surface area (Å²) in [5.74, 6) is 1.33. The molecule has 0 saturated carbocycles. The van der Waals surface area contributed by atoms with E-state index in [0.29, 0.717) is 22.7 Å². The molecule has 1 heterocycles. The van der Waals surface area contributed by atoms with Gasteiger partial charge in [-0.1, -0.05) is 20.8 Å². The maximum atomic E-state index is 13.2. The van der Waals surface area contributed by atoms with E-state index in [1.54, 1.807) is 43.4 Å². The lowest BCUT2D eigenvalue weighted by molar-refractivity contribution is -0.125. The van der Waals surface area contributed by atoms with E-state index in [2.05, 4.69) is 4.98 Å². The molecule has 29 heavy (non-hydrogen) atoms. The fourth-order valence-corrected chi connectivity index (χ4v) is 3.09. The van der Waals surface area contributed by atoms with Crippen LogP contribution < -0.4 is 19.9 Å². The molecule has 6 nitrogen and oxygen atoms in total. The summed E-state index contributed by atoms with van der Waals surface area (Å²) >= 11 is 0. The highest BCUT2D eigenvalue weighted by Crippen LogP contribution is 2.27. The smallest absolute Gasteiger partial charge is 0.253 e. The van der Waals surface area contributed by atoms with Crippen molar-refractivity contribution in [2.75, 3.05) is 19.1 Å². The van der Waals surface area contributed by atoms with Gasteiger partial charge in [-0.05, 0) is 48.5 Å². The zero-order chi connectivity index (χ0) is 21.2. The molecule has 6 heteroatoms. The number of hydrogen-bond acceptors (Lipinski definition) is 4. The number of fused-ring (bicyclic) bond motifs is 1. The van der Waals surface area contributed by atoms with E-state index in [1.165, 1.54) is 0 Å². The molecule has 2 aromatic carbocycles. The number of carbonyl (C=O) groups excluding carboxylic acids is 1. The molecule has 0 bridgehead atoms. The van der Waals surface area contributed by atoms with Crippen molar-refractivity contribution in [1.29, 1.82) is 0 Å². The SMILES string of the molecule is COc1ccc(N(Cc2cc3cc(OC)ccc3[nH]c2=O)C(=O)C(C)(C)C)cc1. The first-order valence-electron chi connectivity index (χ1n) is 9.39. The summed E-state index contributed by atoms with van der Waals surface area (Å²) in [7, 11) is 3.19. The summed E-state index contributed by atoms with van der Waals surface area (Å²) < 4.78 is 10.5. The Morgan fingerprint density at radius 2 is 1.59 bits per heavy atom. The number of rotatable bonds is 5. The number of nitrogens with one attached hydrogen (secondary N) is 1. The van der Waals surface area contributed by atoms with Crippen LogP contribution in [0.25, 0.3) is 10.9 Å². The van der Waals surface area contributed by atoms with Crippen molar-refractivity contribution in [3.8, 4) is 11.5 Å². The van der Waals surface area contributed by atoms with E-state index in [4.69, 9.17) is 9.47 Å². The quantitative estimate of drug-likeness (QED) is 0.706. The van der Waals surface area contributed by atoms with Crippen LogP contribution in [0.4, 0.5) is 5.69 Å². The molecule has 1 amide bonds. The number of ether oxygens (including phenoxy) is 2. The van der Waals surface area contributed by atoms with E-state index < -0.39 is 5.41 Å². The number of benzene rings is 2. The van der Waals surface area contributed by atoms with Crippen LogP contribution >= 0.6 is 0 Å². The molecular weight excluding hydrogens is 368 g/mol. The molecule has 3 rings (SSSR count). The van der Waals surface area contributed by atoms with Crippen molar-refractivity contribution < 1.29 is 14.3 Å². The monoisotopic (exact) mass is 394 g/mol. The minimum atomic E-state index is -0.604. The van der Waals surface area contributed by atoms with Gasteiger partial charge in [-0.25, -0.2) is 0 Å². The van der Waals surface area contributed by atoms with Crippen LogP contribution in [-0.4, -0.2) is 25.1 Å². The number of aromatic nitrogens is 1. The second-order valence-electron chi connectivity index (χ2n) is 7.92. The number of pyridine rings is 1. The summed E-state index contributed by atoms with van der Waals surface area (Å²) in [6.07, 6.45) is 0. The van der Waals surface area contributed by atoms with E-state index in [-0.39, 0.29) is 18.0 Å². The van der Waals surface area contributed by atoms with Gasteiger partial charge >= 0.3 is 0 Å². The molecule has 1 aromatic heterocycles. The maximum Gasteiger partial charge on any atom is 0.253 e. The van der Waals surface area contributed by atoms with Gasteiger partial charge in [0, 0.05) is 27.6 Å². The Labute approximate surface area is 170 Å². The van der Waals surface area contributed by atoms with Crippen molar-refractivity contribution in [2.45, 2.75) is 27.3 Å². The van der Waals surface area contributed by atoms with Crippen LogP contribution in [0.15, 0.2) is 53.3 Å². The van der Waals surface area contributed by atoms with Crippen LogP contribution in [0.2, 0.25) is 0 Å². The van der Waals surface area contributed by atoms with Crippen molar-refractivity contribution in [3.63, 3.8) is 0 Å². The Kier molecular flexibility index (Phi) is 5.64. The van der Waals surface area contributed by atoms with Gasteiger partial charge in [0.1, 0.15) is 11.5 Å². The number of carbonyl (C=O) groups is 1. The molecule has 0 aliphatic heterocycles. The van der Waals surface area contributed by atoms with Crippen LogP contribution in [-0.2, 0) is 11.3 Å². The molecule has 0 spiro atoms. The number of amides is 1. The van der Waals surface area contributed by atoms with Gasteiger partial charge in [0.2, 0.25) is 5.91 Å². The molecule has 0 atom stereocenters. The summed E-state index contributed by atoms with van der Waals surface area (Å²) in [5, 5.41) is 0.844. The molecule has 0 aliphatic rings. The standard InChI is InChI=1S/C23H26N2O4/c1-23(2,3)22(27)25(17-6-8-18(28-4)9-7-17)14-16-12-15-13-19(29-5)10-11-20(15)24-21(16)26/h6-13H,14H2,1-5H3,(H,24,26). The molecule has 152 valence electrons. The van der Waals surface area contributed by atoms with E-state index in [0.717, 1.165) is 10.9 Å². The lowest BCUT2D eigenvalue weighted by Crippen LogP contribution is -2.40. The second-order valence-corrected chi connectivity index (χ2v) is 7.92. The van der Waals surface area contributed by atoms with Crippen LogP contribution in [0, 0.1) is 5.41 Å². The second kappa shape index (κ2) is 7.99. The summed E-state index contributed by atoms with van der Waals surface area (Å²) in [6, 6.07) is 14.5. The predicted octanol–water partition coefficient (Wildman–Crippen LogP) is 4.12. The average Bonchev–Trinajstić information content (AvgIpc) is 2.70. The molecule has 1 N–H and O–H groups in total. The lowest BCUT2D eigenvalue weighted by Gasteiger charge is -2.29. The van der Waals surface area contributed by atoms with E-state index in [9.17, 15) is 9.59 Å². The normalized spacial score (nSPS) is 11.3. The molecule has 0 aliphatic carbocycles. The largest absolute Gasteiger partial charge is 0.497 e. The third kappa shape index (κ3) is 4.42. The molecule has 0 saturated heterocycles. The molecule has 0 radical (unpaired) electrons. The Morgan fingerprint density at radius 1 is 0.966 bits per heavy atom. The summed E-state index contributed by atoms with van der Waals surface area (Å²) in [4.78, 5) is 30.4. The first-order valence-corrected chi connectivity index (χ1v) is 9.39. The van der Waals surface area contributed by atoms with Crippen LogP contribution in [0.5, 0.6) is 11.5 Å². The van der Waals surface area contributed by atoms with Gasteiger partial charge in [0.05, 0.1) is 20.8 Å². The van der Waals surface area contributed by atoms with E-state index >= 15 is 0 Å². The minimum absolute atomic E-state index is 0.0761. The van der Waals surface area contributed by atoms with Gasteiger partial charge < -0.3 is 19.4 Å². The zero-order valence-electron chi connectivity index (χ0n) is 17.4. The Hall–Kier alpha value is -3.28. The number of H-pyrrole nitrogens is 1. The summed E-state index contributed by atoms with van der Waals surface area (Å²) in [6.45, 7) is 5.74. The number of methoxy groups -OCH3 is 2. The third-order valence-electron chi connectivity index (χ3n) is 4.73. The van der Waals surface area contributed by atoms with Gasteiger partial charge in [-0.15, -0.1) is 0 Å².